The van der Waals surface area contributed by atoms with Crippen LogP contribution in [0, 0.1) is 13.8 Å². The zero-order valence-electron chi connectivity index (χ0n) is 8.99. The predicted octanol–water partition coefficient (Wildman–Crippen LogP) is 2.46. The normalized spacial score (nSPS) is 10.4. The van der Waals surface area contributed by atoms with E-state index in [1.165, 1.54) is 0 Å². The summed E-state index contributed by atoms with van der Waals surface area (Å²) in [5, 5.41) is 6.91. The van der Waals surface area contributed by atoms with Crippen molar-refractivity contribution >= 4 is 21.7 Å². The Labute approximate surface area is 101 Å². The van der Waals surface area contributed by atoms with Crippen LogP contribution in [0.25, 0.3) is 0 Å². The molecule has 2 heterocycles. The molecular weight excluding hydrogens is 272 g/mol. The molecule has 1 N–H and O–H groups in total. The van der Waals surface area contributed by atoms with Crippen molar-refractivity contribution < 1.29 is 4.52 Å². The third kappa shape index (κ3) is 2.57. The molecule has 0 radical (unpaired) electrons. The van der Waals surface area contributed by atoms with Gasteiger partial charge in [-0.1, -0.05) is 5.16 Å². The minimum absolute atomic E-state index is 0.505. The average molecular weight is 283 g/mol. The first-order valence-electron chi connectivity index (χ1n) is 4.81. The Morgan fingerprint density at radius 3 is 2.75 bits per heavy atom. The van der Waals surface area contributed by atoms with Crippen molar-refractivity contribution in [1.29, 1.82) is 0 Å². The van der Waals surface area contributed by atoms with E-state index in [2.05, 4.69) is 36.4 Å². The molecule has 0 saturated carbocycles. The largest absolute Gasteiger partial charge is 0.363 e. The van der Waals surface area contributed by atoms with Crippen LogP contribution in [-0.4, -0.2) is 15.1 Å². The second-order valence-corrected chi connectivity index (χ2v) is 4.20. The van der Waals surface area contributed by atoms with Gasteiger partial charge in [0.25, 0.3) is 0 Å². The Bertz CT molecular complexity index is 497. The van der Waals surface area contributed by atoms with Gasteiger partial charge in [0.05, 0.1) is 12.2 Å². The lowest BCUT2D eigenvalue weighted by molar-refractivity contribution is 0.388. The van der Waals surface area contributed by atoms with E-state index in [1.807, 2.05) is 19.1 Å². The van der Waals surface area contributed by atoms with Crippen LogP contribution in [0.5, 0.6) is 0 Å². The lowest BCUT2D eigenvalue weighted by Crippen LogP contribution is -2.03. The number of hydrogen-bond acceptors (Lipinski definition) is 5. The molecule has 5 nitrogen and oxygen atoms in total. The van der Waals surface area contributed by atoms with Gasteiger partial charge in [0.1, 0.15) is 5.82 Å². The summed E-state index contributed by atoms with van der Waals surface area (Å²) in [6, 6.07) is 3.84. The van der Waals surface area contributed by atoms with Gasteiger partial charge in [-0.25, -0.2) is 4.98 Å². The smallest absolute Gasteiger partial charge is 0.223 e. The molecule has 2 aromatic rings. The number of halogens is 1. The molecule has 0 fully saturated rings. The highest BCUT2D eigenvalue weighted by atomic mass is 79.9. The van der Waals surface area contributed by atoms with Crippen LogP contribution < -0.4 is 5.32 Å². The Morgan fingerprint density at radius 2 is 2.12 bits per heavy atom. The summed E-state index contributed by atoms with van der Waals surface area (Å²) in [7, 11) is 0. The SMILES string of the molecule is Cc1nc(CNc2ccc(Br)c(C)n2)no1. The third-order valence-electron chi connectivity index (χ3n) is 2.02. The highest BCUT2D eigenvalue weighted by molar-refractivity contribution is 9.10. The molecule has 0 atom stereocenters. The van der Waals surface area contributed by atoms with Gasteiger partial charge in [-0.05, 0) is 35.0 Å². The van der Waals surface area contributed by atoms with E-state index in [0.29, 0.717) is 18.3 Å². The van der Waals surface area contributed by atoms with E-state index in [4.69, 9.17) is 4.52 Å². The quantitative estimate of drug-likeness (QED) is 0.937. The number of rotatable bonds is 3. The Kier molecular flexibility index (Phi) is 3.19. The predicted molar refractivity (Wildman–Crippen MR) is 63.0 cm³/mol. The summed E-state index contributed by atoms with van der Waals surface area (Å²) in [5.41, 5.74) is 0.939. The topological polar surface area (TPSA) is 63.8 Å². The minimum Gasteiger partial charge on any atom is -0.363 e. The lowest BCUT2D eigenvalue weighted by Gasteiger charge is -2.04. The Morgan fingerprint density at radius 1 is 1.31 bits per heavy atom. The molecule has 84 valence electrons. The third-order valence-corrected chi connectivity index (χ3v) is 2.86. The summed E-state index contributed by atoms with van der Waals surface area (Å²) in [5.74, 6) is 1.99. The lowest BCUT2D eigenvalue weighted by atomic mass is 10.4. The van der Waals surface area contributed by atoms with E-state index in [-0.39, 0.29) is 0 Å². The van der Waals surface area contributed by atoms with E-state index >= 15 is 0 Å². The fourth-order valence-electron chi connectivity index (χ4n) is 1.23. The molecule has 6 heteroatoms. The molecule has 2 aromatic heterocycles. The zero-order valence-corrected chi connectivity index (χ0v) is 10.6. The van der Waals surface area contributed by atoms with Crippen LogP contribution in [0.1, 0.15) is 17.4 Å². The minimum atomic E-state index is 0.505. The fraction of sp³-hybridized carbons (Fsp3) is 0.300. The van der Waals surface area contributed by atoms with Crippen LogP contribution in [-0.2, 0) is 6.54 Å². The summed E-state index contributed by atoms with van der Waals surface area (Å²) in [6.45, 7) is 4.21. The molecule has 0 amide bonds. The first-order chi connectivity index (χ1) is 7.65. The van der Waals surface area contributed by atoms with Crippen LogP contribution >= 0.6 is 15.9 Å². The van der Waals surface area contributed by atoms with E-state index in [9.17, 15) is 0 Å². The van der Waals surface area contributed by atoms with Crippen LogP contribution in [0.2, 0.25) is 0 Å². The van der Waals surface area contributed by atoms with Crippen LogP contribution in [0.4, 0.5) is 5.82 Å². The van der Waals surface area contributed by atoms with Crippen molar-refractivity contribution in [3.63, 3.8) is 0 Å². The van der Waals surface area contributed by atoms with Crippen molar-refractivity contribution in [2.45, 2.75) is 20.4 Å². The highest BCUT2D eigenvalue weighted by Crippen LogP contribution is 2.16. The monoisotopic (exact) mass is 282 g/mol. The molecule has 0 aliphatic heterocycles. The number of nitrogens with one attached hydrogen (secondary N) is 1. The van der Waals surface area contributed by atoms with E-state index < -0.39 is 0 Å². The van der Waals surface area contributed by atoms with Crippen molar-refractivity contribution in [3.05, 3.63) is 34.0 Å². The molecule has 16 heavy (non-hydrogen) atoms. The first kappa shape index (κ1) is 11.1. The summed E-state index contributed by atoms with van der Waals surface area (Å²) >= 11 is 3.40. The van der Waals surface area contributed by atoms with E-state index in [0.717, 1.165) is 16.0 Å². The Hall–Kier alpha value is -1.43. The van der Waals surface area contributed by atoms with E-state index in [1.54, 1.807) is 6.92 Å². The molecular formula is C10H11BrN4O. The average Bonchev–Trinajstić information content (AvgIpc) is 2.66. The number of pyridine rings is 1. The summed E-state index contributed by atoms with van der Waals surface area (Å²) < 4.78 is 5.86. The van der Waals surface area contributed by atoms with Crippen molar-refractivity contribution in [1.82, 2.24) is 15.1 Å². The molecule has 0 aliphatic rings. The molecule has 0 aromatic carbocycles. The maximum absolute atomic E-state index is 4.87. The zero-order chi connectivity index (χ0) is 11.5. The number of aromatic nitrogens is 3. The van der Waals surface area contributed by atoms with Gasteiger partial charge in [-0.3, -0.25) is 0 Å². The summed E-state index contributed by atoms with van der Waals surface area (Å²) in [6.07, 6.45) is 0. The fourth-order valence-corrected chi connectivity index (χ4v) is 1.45. The molecule has 0 bridgehead atoms. The van der Waals surface area contributed by atoms with Gasteiger partial charge in [0, 0.05) is 11.4 Å². The number of nitrogens with zero attached hydrogens (tertiary/aromatic N) is 3. The number of hydrogen-bond donors (Lipinski definition) is 1. The maximum atomic E-state index is 4.87. The van der Waals surface area contributed by atoms with Gasteiger partial charge in [0.2, 0.25) is 5.89 Å². The number of aryl methyl sites for hydroxylation is 2. The molecule has 2 rings (SSSR count). The van der Waals surface area contributed by atoms with Gasteiger partial charge >= 0.3 is 0 Å². The highest BCUT2D eigenvalue weighted by Gasteiger charge is 2.03. The van der Waals surface area contributed by atoms with Crippen molar-refractivity contribution in [2.24, 2.45) is 0 Å². The molecule has 0 spiro atoms. The molecule has 0 unspecified atom stereocenters. The second-order valence-electron chi connectivity index (χ2n) is 3.35. The van der Waals surface area contributed by atoms with Gasteiger partial charge in [-0.15, -0.1) is 0 Å². The molecule has 0 saturated heterocycles. The van der Waals surface area contributed by atoms with Crippen molar-refractivity contribution in [3.8, 4) is 0 Å². The van der Waals surface area contributed by atoms with Crippen LogP contribution in [0.3, 0.4) is 0 Å². The Balaban J connectivity index is 2.02. The second kappa shape index (κ2) is 4.61. The van der Waals surface area contributed by atoms with Gasteiger partial charge in [0.15, 0.2) is 5.82 Å². The van der Waals surface area contributed by atoms with Crippen LogP contribution in [0.15, 0.2) is 21.1 Å². The van der Waals surface area contributed by atoms with Gasteiger partial charge < -0.3 is 9.84 Å². The standard InChI is InChI=1S/C10H11BrN4O/c1-6-8(11)3-4-9(13-6)12-5-10-14-7(2)16-15-10/h3-4H,5H2,1-2H3,(H,12,13). The first-order valence-corrected chi connectivity index (χ1v) is 5.60. The molecule has 0 aliphatic carbocycles. The summed E-state index contributed by atoms with van der Waals surface area (Å²) in [4.78, 5) is 8.44. The van der Waals surface area contributed by atoms with Crippen molar-refractivity contribution in [2.75, 3.05) is 5.32 Å². The number of anilines is 1. The van der Waals surface area contributed by atoms with Gasteiger partial charge in [-0.2, -0.15) is 4.98 Å². The maximum Gasteiger partial charge on any atom is 0.223 e.